The van der Waals surface area contributed by atoms with E-state index in [4.69, 9.17) is 14.2 Å². The first-order valence-electron chi connectivity index (χ1n) is 12.4. The van der Waals surface area contributed by atoms with Crippen LogP contribution in [0.25, 0.3) is 0 Å². The average molecular weight is 550 g/mol. The smallest absolute Gasteiger partial charge is 0.244 e. The van der Waals surface area contributed by atoms with E-state index in [1.165, 1.54) is 25.2 Å². The molecule has 1 N–H and O–H groups in total. The lowest BCUT2D eigenvalue weighted by Crippen LogP contribution is -2.53. The number of amides is 2. The highest BCUT2D eigenvalue weighted by atomic mass is 32.2. The van der Waals surface area contributed by atoms with Gasteiger partial charge in [-0.2, -0.15) is 0 Å². The molecule has 2 aromatic carbocycles. The predicted molar refractivity (Wildman–Crippen MR) is 147 cm³/mol. The zero-order valence-corrected chi connectivity index (χ0v) is 24.0. The van der Waals surface area contributed by atoms with Gasteiger partial charge in [0.25, 0.3) is 0 Å². The standard InChI is InChI=1S/C27H39N3O7S/c1-8-19(3)28-27(32)23(9-2)29(17-20-10-12-21(35-4)13-11-20)26(31)18-30(38(7,33)34)24-15-14-22(36-5)16-25(24)37-6/h10-16,19,23H,8-9,17-18H2,1-7H3,(H,28,32)/t19-,23+/m0/s1. The molecule has 0 spiro atoms. The van der Waals surface area contributed by atoms with Crippen LogP contribution in [0.3, 0.4) is 0 Å². The van der Waals surface area contributed by atoms with Gasteiger partial charge in [0.15, 0.2) is 0 Å². The molecule has 0 bridgehead atoms. The first-order chi connectivity index (χ1) is 18.0. The van der Waals surface area contributed by atoms with Crippen molar-refractivity contribution in [2.75, 3.05) is 38.4 Å². The van der Waals surface area contributed by atoms with Crippen LogP contribution < -0.4 is 23.8 Å². The molecule has 0 aliphatic rings. The Bertz CT molecular complexity index is 1190. The van der Waals surface area contributed by atoms with E-state index in [2.05, 4.69) is 5.32 Å². The second-order valence-electron chi connectivity index (χ2n) is 8.92. The van der Waals surface area contributed by atoms with E-state index in [9.17, 15) is 18.0 Å². The molecule has 2 rings (SSSR count). The average Bonchev–Trinajstić information content (AvgIpc) is 2.90. The van der Waals surface area contributed by atoms with E-state index in [0.29, 0.717) is 17.9 Å². The predicted octanol–water partition coefficient (Wildman–Crippen LogP) is 3.20. The minimum atomic E-state index is -3.91. The maximum absolute atomic E-state index is 13.8. The van der Waals surface area contributed by atoms with Gasteiger partial charge in [-0.1, -0.05) is 26.0 Å². The van der Waals surface area contributed by atoms with E-state index in [1.54, 1.807) is 43.5 Å². The lowest BCUT2D eigenvalue weighted by molar-refractivity contribution is -0.140. The second kappa shape index (κ2) is 13.9. The number of hydrogen-bond acceptors (Lipinski definition) is 7. The number of nitrogens with one attached hydrogen (secondary N) is 1. The molecule has 210 valence electrons. The number of carbonyl (C=O) groups is 2. The maximum Gasteiger partial charge on any atom is 0.244 e. The lowest BCUT2D eigenvalue weighted by atomic mass is 10.1. The molecule has 38 heavy (non-hydrogen) atoms. The van der Waals surface area contributed by atoms with E-state index in [-0.39, 0.29) is 29.9 Å². The molecule has 10 nitrogen and oxygen atoms in total. The molecule has 0 saturated carbocycles. The van der Waals surface area contributed by atoms with Crippen LogP contribution in [0.2, 0.25) is 0 Å². The van der Waals surface area contributed by atoms with Crippen molar-refractivity contribution in [2.45, 2.75) is 52.2 Å². The molecule has 2 amide bonds. The van der Waals surface area contributed by atoms with E-state index >= 15 is 0 Å². The van der Waals surface area contributed by atoms with Gasteiger partial charge in [-0.05, 0) is 49.6 Å². The van der Waals surface area contributed by atoms with Gasteiger partial charge in [0.2, 0.25) is 21.8 Å². The van der Waals surface area contributed by atoms with Crippen LogP contribution in [0.1, 0.15) is 39.2 Å². The summed E-state index contributed by atoms with van der Waals surface area (Å²) in [5.41, 5.74) is 0.951. The first kappa shape index (κ1) is 30.8. The SMILES string of the molecule is CC[C@H](C(=O)N[C@@H](C)CC)N(Cc1ccc(OC)cc1)C(=O)CN(c1ccc(OC)cc1OC)S(C)(=O)=O. The molecule has 0 radical (unpaired) electrons. The van der Waals surface area contributed by atoms with Crippen molar-refractivity contribution in [2.24, 2.45) is 0 Å². The van der Waals surface area contributed by atoms with Gasteiger partial charge >= 0.3 is 0 Å². The summed E-state index contributed by atoms with van der Waals surface area (Å²) < 4.78 is 42.6. The second-order valence-corrected chi connectivity index (χ2v) is 10.8. The Hall–Kier alpha value is -3.47. The number of hydrogen-bond donors (Lipinski definition) is 1. The largest absolute Gasteiger partial charge is 0.497 e. The van der Waals surface area contributed by atoms with Crippen molar-refractivity contribution in [3.05, 3.63) is 48.0 Å². The minimum absolute atomic E-state index is 0.0782. The number of benzene rings is 2. The molecule has 11 heteroatoms. The molecular weight excluding hydrogens is 510 g/mol. The summed E-state index contributed by atoms with van der Waals surface area (Å²) in [7, 11) is 0.542. The number of rotatable bonds is 14. The molecule has 2 aromatic rings. The van der Waals surface area contributed by atoms with Crippen molar-refractivity contribution in [1.82, 2.24) is 10.2 Å². The van der Waals surface area contributed by atoms with Gasteiger partial charge in [0, 0.05) is 18.7 Å². The number of nitrogens with zero attached hydrogens (tertiary/aromatic N) is 2. The topological polar surface area (TPSA) is 114 Å². The Balaban J connectivity index is 2.50. The summed E-state index contributed by atoms with van der Waals surface area (Å²) in [6.07, 6.45) is 2.09. The van der Waals surface area contributed by atoms with Crippen LogP contribution in [0.15, 0.2) is 42.5 Å². The van der Waals surface area contributed by atoms with E-state index in [0.717, 1.165) is 22.5 Å². The Morgan fingerprint density at radius 3 is 2.03 bits per heavy atom. The third kappa shape index (κ3) is 8.01. The Morgan fingerprint density at radius 2 is 1.53 bits per heavy atom. The van der Waals surface area contributed by atoms with Crippen LogP contribution in [0, 0.1) is 0 Å². The first-order valence-corrected chi connectivity index (χ1v) is 14.3. The number of ether oxygens (including phenoxy) is 3. The summed E-state index contributed by atoms with van der Waals surface area (Å²) in [5.74, 6) is 0.528. The van der Waals surface area contributed by atoms with Crippen molar-refractivity contribution in [3.8, 4) is 17.2 Å². The molecule has 0 heterocycles. The van der Waals surface area contributed by atoms with Gasteiger partial charge in [-0.3, -0.25) is 13.9 Å². The minimum Gasteiger partial charge on any atom is -0.497 e. The Kier molecular flexibility index (Phi) is 11.2. The van der Waals surface area contributed by atoms with Gasteiger partial charge < -0.3 is 24.4 Å². The van der Waals surface area contributed by atoms with Gasteiger partial charge in [0.1, 0.15) is 29.8 Å². The normalized spacial score (nSPS) is 12.7. The molecule has 0 fully saturated rings. The van der Waals surface area contributed by atoms with Crippen LogP contribution in [-0.4, -0.2) is 71.3 Å². The highest BCUT2D eigenvalue weighted by Crippen LogP contribution is 2.33. The van der Waals surface area contributed by atoms with Crippen LogP contribution in [0.5, 0.6) is 17.2 Å². The molecule has 2 atom stereocenters. The monoisotopic (exact) mass is 549 g/mol. The summed E-state index contributed by atoms with van der Waals surface area (Å²) in [5, 5.41) is 2.95. The summed E-state index contributed by atoms with van der Waals surface area (Å²) in [4.78, 5) is 28.5. The van der Waals surface area contributed by atoms with Gasteiger partial charge in [-0.25, -0.2) is 8.42 Å². The van der Waals surface area contributed by atoms with Crippen LogP contribution in [-0.2, 0) is 26.2 Å². The maximum atomic E-state index is 13.8. The fourth-order valence-corrected chi connectivity index (χ4v) is 4.73. The molecule has 0 aliphatic carbocycles. The third-order valence-corrected chi connectivity index (χ3v) is 7.36. The fraction of sp³-hybridized carbons (Fsp3) is 0.481. The van der Waals surface area contributed by atoms with Crippen molar-refractivity contribution >= 4 is 27.5 Å². The van der Waals surface area contributed by atoms with E-state index in [1.807, 2.05) is 20.8 Å². The summed E-state index contributed by atoms with van der Waals surface area (Å²) in [6.45, 7) is 5.24. The van der Waals surface area contributed by atoms with Crippen molar-refractivity contribution < 1.29 is 32.2 Å². The molecule has 0 aliphatic heterocycles. The van der Waals surface area contributed by atoms with Crippen LogP contribution in [0.4, 0.5) is 5.69 Å². The zero-order chi connectivity index (χ0) is 28.5. The highest BCUT2D eigenvalue weighted by molar-refractivity contribution is 7.92. The molecule has 0 aromatic heterocycles. The Morgan fingerprint density at radius 1 is 0.921 bits per heavy atom. The number of anilines is 1. The van der Waals surface area contributed by atoms with Crippen LogP contribution >= 0.6 is 0 Å². The lowest BCUT2D eigenvalue weighted by Gasteiger charge is -2.33. The highest BCUT2D eigenvalue weighted by Gasteiger charge is 2.33. The van der Waals surface area contributed by atoms with Gasteiger partial charge in [-0.15, -0.1) is 0 Å². The molecular formula is C27H39N3O7S. The molecule has 0 unspecified atom stereocenters. The number of sulfonamides is 1. The van der Waals surface area contributed by atoms with Gasteiger partial charge in [0.05, 0.1) is 33.3 Å². The summed E-state index contributed by atoms with van der Waals surface area (Å²) >= 11 is 0. The molecule has 0 saturated heterocycles. The fourth-order valence-electron chi connectivity index (χ4n) is 3.87. The summed E-state index contributed by atoms with van der Waals surface area (Å²) in [6, 6.07) is 10.9. The van der Waals surface area contributed by atoms with Crippen molar-refractivity contribution in [1.29, 1.82) is 0 Å². The zero-order valence-electron chi connectivity index (χ0n) is 23.2. The Labute approximate surface area is 225 Å². The number of methoxy groups -OCH3 is 3. The number of carbonyl (C=O) groups excluding carboxylic acids is 2. The van der Waals surface area contributed by atoms with Crippen molar-refractivity contribution in [3.63, 3.8) is 0 Å². The van der Waals surface area contributed by atoms with E-state index < -0.39 is 28.5 Å². The third-order valence-electron chi connectivity index (χ3n) is 6.23. The quantitative estimate of drug-likeness (QED) is 0.385.